The summed E-state index contributed by atoms with van der Waals surface area (Å²) in [5.74, 6) is 0.377. The fourth-order valence-electron chi connectivity index (χ4n) is 2.87. The lowest BCUT2D eigenvalue weighted by molar-refractivity contribution is -0.119. The molecular formula is C15H25N3O2S. The SMILES string of the molecule is CNC(=O)Cc1nc(CN(C)CC2CCCCC2O)cs1. The van der Waals surface area contributed by atoms with Gasteiger partial charge in [-0.15, -0.1) is 11.3 Å². The van der Waals surface area contributed by atoms with E-state index in [-0.39, 0.29) is 12.0 Å². The molecule has 2 atom stereocenters. The van der Waals surface area contributed by atoms with Crippen molar-refractivity contribution in [2.75, 3.05) is 20.6 Å². The molecule has 0 saturated heterocycles. The van der Waals surface area contributed by atoms with E-state index < -0.39 is 0 Å². The Balaban J connectivity index is 1.82. The minimum absolute atomic E-state index is 0.00502. The molecule has 1 amide bonds. The average molecular weight is 311 g/mol. The van der Waals surface area contributed by atoms with Gasteiger partial charge in [0.2, 0.25) is 5.91 Å². The average Bonchev–Trinajstić information content (AvgIpc) is 2.88. The number of carbonyl (C=O) groups excluding carboxylic acids is 1. The Kier molecular flexibility index (Phi) is 6.14. The van der Waals surface area contributed by atoms with Crippen molar-refractivity contribution < 1.29 is 9.90 Å². The van der Waals surface area contributed by atoms with Gasteiger partial charge in [0.1, 0.15) is 5.01 Å². The van der Waals surface area contributed by atoms with Gasteiger partial charge in [-0.2, -0.15) is 0 Å². The summed E-state index contributed by atoms with van der Waals surface area (Å²) < 4.78 is 0. The van der Waals surface area contributed by atoms with Crippen LogP contribution in [0.1, 0.15) is 36.4 Å². The Labute approximate surface area is 130 Å². The Bertz CT molecular complexity index is 464. The third kappa shape index (κ3) is 5.05. The lowest BCUT2D eigenvalue weighted by Gasteiger charge is -2.30. The van der Waals surface area contributed by atoms with E-state index in [0.717, 1.165) is 43.1 Å². The smallest absolute Gasteiger partial charge is 0.226 e. The van der Waals surface area contributed by atoms with Gasteiger partial charge in [-0.3, -0.25) is 4.79 Å². The molecule has 21 heavy (non-hydrogen) atoms. The number of thiazole rings is 1. The van der Waals surface area contributed by atoms with Crippen molar-refractivity contribution in [3.05, 3.63) is 16.1 Å². The molecule has 0 aromatic carbocycles. The topological polar surface area (TPSA) is 65.5 Å². The van der Waals surface area contributed by atoms with Gasteiger partial charge in [0.25, 0.3) is 0 Å². The lowest BCUT2D eigenvalue weighted by atomic mass is 9.86. The monoisotopic (exact) mass is 311 g/mol. The van der Waals surface area contributed by atoms with Crippen molar-refractivity contribution in [3.63, 3.8) is 0 Å². The highest BCUT2D eigenvalue weighted by Gasteiger charge is 2.24. The molecule has 0 bridgehead atoms. The van der Waals surface area contributed by atoms with Gasteiger partial charge in [-0.25, -0.2) is 4.98 Å². The third-order valence-corrected chi connectivity index (χ3v) is 4.93. The van der Waals surface area contributed by atoms with E-state index in [0.29, 0.717) is 12.3 Å². The first-order chi connectivity index (χ1) is 10.1. The van der Waals surface area contributed by atoms with Crippen molar-refractivity contribution >= 4 is 17.2 Å². The summed E-state index contributed by atoms with van der Waals surface area (Å²) in [7, 11) is 3.71. The lowest BCUT2D eigenvalue weighted by Crippen LogP contribution is -2.34. The van der Waals surface area contributed by atoms with E-state index >= 15 is 0 Å². The molecule has 1 heterocycles. The largest absolute Gasteiger partial charge is 0.393 e. The van der Waals surface area contributed by atoms with E-state index in [1.165, 1.54) is 17.8 Å². The van der Waals surface area contributed by atoms with Gasteiger partial charge < -0.3 is 15.3 Å². The number of likely N-dealkylation sites (N-methyl/N-ethyl adjacent to an activating group) is 1. The van der Waals surface area contributed by atoms with Crippen molar-refractivity contribution in [2.45, 2.75) is 44.8 Å². The number of carbonyl (C=O) groups is 1. The molecule has 1 fully saturated rings. The third-order valence-electron chi connectivity index (χ3n) is 4.04. The fraction of sp³-hybridized carbons (Fsp3) is 0.733. The highest BCUT2D eigenvalue weighted by Crippen LogP contribution is 2.25. The Morgan fingerprint density at radius 2 is 2.29 bits per heavy atom. The van der Waals surface area contributed by atoms with Crippen molar-refractivity contribution in [1.82, 2.24) is 15.2 Å². The van der Waals surface area contributed by atoms with Crippen LogP contribution in [0.2, 0.25) is 0 Å². The molecule has 1 saturated carbocycles. The van der Waals surface area contributed by atoms with E-state index in [2.05, 4.69) is 22.2 Å². The minimum atomic E-state index is -0.152. The van der Waals surface area contributed by atoms with E-state index in [9.17, 15) is 9.90 Å². The standard InChI is InChI=1S/C15H25N3O2S/c1-16-14(20)7-15-17-12(10-21-15)9-18(2)8-11-5-3-4-6-13(11)19/h10-11,13,19H,3-9H2,1-2H3,(H,16,20). The highest BCUT2D eigenvalue weighted by atomic mass is 32.1. The first-order valence-corrected chi connectivity index (χ1v) is 8.47. The molecule has 1 aliphatic carbocycles. The number of aliphatic hydroxyl groups excluding tert-OH is 1. The molecule has 2 N–H and O–H groups in total. The molecule has 1 aromatic rings. The zero-order valence-electron chi connectivity index (χ0n) is 12.8. The second-order valence-corrected chi connectivity index (χ2v) is 6.83. The normalized spacial score (nSPS) is 22.5. The number of hydrogen-bond acceptors (Lipinski definition) is 5. The Morgan fingerprint density at radius 3 is 3.00 bits per heavy atom. The number of amides is 1. The summed E-state index contributed by atoms with van der Waals surface area (Å²) in [5.41, 5.74) is 1.01. The summed E-state index contributed by atoms with van der Waals surface area (Å²) in [5, 5.41) is 15.5. The predicted octanol–water partition coefficient (Wildman–Crippen LogP) is 1.41. The van der Waals surface area contributed by atoms with Crippen LogP contribution in [0.3, 0.4) is 0 Å². The maximum Gasteiger partial charge on any atom is 0.226 e. The maximum absolute atomic E-state index is 11.3. The Hall–Kier alpha value is -0.980. The zero-order chi connectivity index (χ0) is 15.2. The molecule has 118 valence electrons. The number of aliphatic hydroxyl groups is 1. The Morgan fingerprint density at radius 1 is 1.52 bits per heavy atom. The predicted molar refractivity (Wildman–Crippen MR) is 84.2 cm³/mol. The molecule has 0 radical (unpaired) electrons. The second-order valence-electron chi connectivity index (χ2n) is 5.89. The van der Waals surface area contributed by atoms with Crippen LogP contribution in [-0.4, -0.2) is 47.6 Å². The molecular weight excluding hydrogens is 286 g/mol. The van der Waals surface area contributed by atoms with Gasteiger partial charge in [0.05, 0.1) is 18.2 Å². The van der Waals surface area contributed by atoms with Crippen LogP contribution < -0.4 is 5.32 Å². The summed E-state index contributed by atoms with van der Waals surface area (Å²) in [6, 6.07) is 0. The molecule has 2 unspecified atom stereocenters. The molecule has 0 spiro atoms. The van der Waals surface area contributed by atoms with Gasteiger partial charge in [-0.1, -0.05) is 12.8 Å². The second kappa shape index (κ2) is 7.87. The zero-order valence-corrected chi connectivity index (χ0v) is 13.7. The van der Waals surface area contributed by atoms with E-state index in [4.69, 9.17) is 0 Å². The summed E-state index contributed by atoms with van der Waals surface area (Å²) in [4.78, 5) is 18.1. The van der Waals surface area contributed by atoms with Gasteiger partial charge in [0.15, 0.2) is 0 Å². The van der Waals surface area contributed by atoms with Gasteiger partial charge in [-0.05, 0) is 25.8 Å². The van der Waals surface area contributed by atoms with Crippen molar-refractivity contribution in [1.29, 1.82) is 0 Å². The van der Waals surface area contributed by atoms with Crippen LogP contribution in [0.5, 0.6) is 0 Å². The minimum Gasteiger partial charge on any atom is -0.393 e. The number of hydrogen-bond donors (Lipinski definition) is 2. The van der Waals surface area contributed by atoms with Crippen LogP contribution in [-0.2, 0) is 17.8 Å². The van der Waals surface area contributed by atoms with Crippen LogP contribution in [0.25, 0.3) is 0 Å². The van der Waals surface area contributed by atoms with E-state index in [1.807, 2.05) is 5.38 Å². The van der Waals surface area contributed by atoms with Crippen LogP contribution >= 0.6 is 11.3 Å². The quantitative estimate of drug-likeness (QED) is 0.834. The molecule has 6 heteroatoms. The molecule has 1 aromatic heterocycles. The van der Waals surface area contributed by atoms with Crippen LogP contribution in [0.4, 0.5) is 0 Å². The van der Waals surface area contributed by atoms with Gasteiger partial charge in [0, 0.05) is 25.5 Å². The number of rotatable bonds is 6. The first kappa shape index (κ1) is 16.4. The van der Waals surface area contributed by atoms with Crippen molar-refractivity contribution in [3.8, 4) is 0 Å². The molecule has 5 nitrogen and oxygen atoms in total. The maximum atomic E-state index is 11.3. The van der Waals surface area contributed by atoms with E-state index in [1.54, 1.807) is 7.05 Å². The number of nitrogens with zero attached hydrogens (tertiary/aromatic N) is 2. The summed E-state index contributed by atoms with van der Waals surface area (Å²) in [6.07, 6.45) is 4.63. The summed E-state index contributed by atoms with van der Waals surface area (Å²) in [6.45, 7) is 1.68. The number of aromatic nitrogens is 1. The molecule has 0 aliphatic heterocycles. The van der Waals surface area contributed by atoms with Gasteiger partial charge >= 0.3 is 0 Å². The summed E-state index contributed by atoms with van der Waals surface area (Å²) >= 11 is 1.53. The van der Waals surface area contributed by atoms with Crippen LogP contribution in [0, 0.1) is 5.92 Å². The van der Waals surface area contributed by atoms with Crippen molar-refractivity contribution in [2.24, 2.45) is 5.92 Å². The molecule has 1 aliphatic rings. The first-order valence-electron chi connectivity index (χ1n) is 7.59. The molecule has 2 rings (SSSR count). The number of nitrogens with one attached hydrogen (secondary N) is 1. The highest BCUT2D eigenvalue weighted by molar-refractivity contribution is 7.09. The van der Waals surface area contributed by atoms with Crippen LogP contribution in [0.15, 0.2) is 5.38 Å². The fourth-order valence-corrected chi connectivity index (χ4v) is 3.65.